The highest BCUT2D eigenvalue weighted by atomic mass is 32.2. The zero-order valence-corrected chi connectivity index (χ0v) is 15.9. The molecule has 0 aliphatic carbocycles. The van der Waals surface area contributed by atoms with E-state index in [-0.39, 0.29) is 34.3 Å². The zero-order chi connectivity index (χ0) is 20.6. The van der Waals surface area contributed by atoms with Crippen LogP contribution in [0.2, 0.25) is 0 Å². The number of aliphatic hydroxyl groups excluding tert-OH is 1. The molecule has 0 saturated heterocycles. The minimum absolute atomic E-state index is 0.0678. The van der Waals surface area contributed by atoms with E-state index < -0.39 is 22.4 Å². The van der Waals surface area contributed by atoms with Gasteiger partial charge in [0, 0.05) is 17.2 Å². The summed E-state index contributed by atoms with van der Waals surface area (Å²) in [4.78, 5) is 12.9. The molecule has 0 unspecified atom stereocenters. The number of Topliss-reactive ketones (excluding diaryl/α,β-unsaturated/α-hetero) is 1. The number of β-amino-alcohol motifs (C(OH)–C–C–N with tert-alkyl or cyclic N) is 1. The molecular weight excluding hydrogens is 397 g/mol. The molecule has 0 spiro atoms. The van der Waals surface area contributed by atoms with E-state index in [4.69, 9.17) is 4.42 Å². The van der Waals surface area contributed by atoms with Crippen molar-refractivity contribution in [3.05, 3.63) is 83.5 Å². The molecule has 148 valence electrons. The first-order valence-corrected chi connectivity index (χ1v) is 10.2. The maximum atomic E-state index is 13.1. The molecule has 0 bridgehead atoms. The Morgan fingerprint density at radius 3 is 2.48 bits per heavy atom. The van der Waals surface area contributed by atoms with Crippen LogP contribution in [0.1, 0.15) is 16.1 Å². The third kappa shape index (κ3) is 3.37. The van der Waals surface area contributed by atoms with E-state index >= 15 is 0 Å². The van der Waals surface area contributed by atoms with E-state index in [2.05, 4.69) is 0 Å². The summed E-state index contributed by atoms with van der Waals surface area (Å²) in [5, 5.41) is 9.35. The summed E-state index contributed by atoms with van der Waals surface area (Å²) < 4.78 is 45.6. The van der Waals surface area contributed by atoms with Crippen LogP contribution in [0, 0.1) is 5.82 Å². The minimum atomic E-state index is -4.00. The number of hydrogen-bond donors (Lipinski definition) is 1. The second kappa shape index (κ2) is 7.31. The number of benzene rings is 2. The van der Waals surface area contributed by atoms with Crippen LogP contribution in [0.25, 0.3) is 17.4 Å². The van der Waals surface area contributed by atoms with Crippen molar-refractivity contribution < 1.29 is 27.1 Å². The molecule has 2 heterocycles. The van der Waals surface area contributed by atoms with E-state index in [0.29, 0.717) is 11.3 Å². The molecule has 1 aliphatic heterocycles. The van der Waals surface area contributed by atoms with Crippen LogP contribution >= 0.6 is 0 Å². The van der Waals surface area contributed by atoms with Crippen molar-refractivity contribution in [3.8, 4) is 11.3 Å². The number of furan rings is 1. The minimum Gasteiger partial charge on any atom is -0.457 e. The third-order valence-electron chi connectivity index (χ3n) is 4.54. The Morgan fingerprint density at radius 2 is 1.76 bits per heavy atom. The van der Waals surface area contributed by atoms with E-state index in [1.165, 1.54) is 36.4 Å². The largest absolute Gasteiger partial charge is 0.457 e. The quantitative estimate of drug-likeness (QED) is 0.663. The fraction of sp³-hybridized carbons (Fsp3) is 0.0952. The van der Waals surface area contributed by atoms with Gasteiger partial charge in [0.1, 0.15) is 23.0 Å². The highest BCUT2D eigenvalue weighted by Crippen LogP contribution is 2.33. The monoisotopic (exact) mass is 413 g/mol. The molecule has 1 aromatic heterocycles. The maximum Gasteiger partial charge on any atom is 0.265 e. The van der Waals surface area contributed by atoms with Crippen molar-refractivity contribution in [3.63, 3.8) is 0 Å². The standard InChI is InChI=1S/C21H16FNO5S/c22-15-7-5-14(6-8-15)19-10-9-16(28-19)13-18-21(25)17-3-1-2-4-20(17)29(26,27)23(18)11-12-24/h1-10,13,24H,11-12H2. The zero-order valence-electron chi connectivity index (χ0n) is 15.1. The summed E-state index contributed by atoms with van der Waals surface area (Å²) in [6, 6.07) is 14.9. The molecule has 0 atom stereocenters. The van der Waals surface area contributed by atoms with Crippen LogP contribution in [0.4, 0.5) is 4.39 Å². The lowest BCUT2D eigenvalue weighted by Crippen LogP contribution is -2.40. The van der Waals surface area contributed by atoms with Crippen molar-refractivity contribution >= 4 is 21.9 Å². The Hall–Kier alpha value is -3.23. The average Bonchev–Trinajstić information content (AvgIpc) is 3.18. The normalized spacial score (nSPS) is 16.8. The van der Waals surface area contributed by atoms with Gasteiger partial charge in [-0.25, -0.2) is 12.8 Å². The summed E-state index contributed by atoms with van der Waals surface area (Å²) in [5.74, 6) is -0.162. The number of fused-ring (bicyclic) bond motifs is 1. The first-order chi connectivity index (χ1) is 13.9. The third-order valence-corrected chi connectivity index (χ3v) is 6.41. The average molecular weight is 413 g/mol. The topological polar surface area (TPSA) is 87.8 Å². The van der Waals surface area contributed by atoms with Crippen LogP contribution in [-0.4, -0.2) is 36.8 Å². The number of carbonyl (C=O) groups excluding carboxylic acids is 1. The van der Waals surface area contributed by atoms with Gasteiger partial charge >= 0.3 is 0 Å². The van der Waals surface area contributed by atoms with Crippen LogP contribution in [0.15, 0.2) is 75.7 Å². The molecule has 1 aliphatic rings. The van der Waals surface area contributed by atoms with Gasteiger partial charge in [-0.1, -0.05) is 12.1 Å². The van der Waals surface area contributed by atoms with Crippen molar-refractivity contribution in [1.29, 1.82) is 0 Å². The van der Waals surface area contributed by atoms with Crippen LogP contribution < -0.4 is 0 Å². The number of carbonyl (C=O) groups is 1. The van der Waals surface area contributed by atoms with Crippen molar-refractivity contribution in [2.45, 2.75) is 4.90 Å². The number of rotatable bonds is 4. The number of hydrogen-bond acceptors (Lipinski definition) is 5. The molecule has 8 heteroatoms. The van der Waals surface area contributed by atoms with E-state index in [0.717, 1.165) is 4.31 Å². The number of allylic oxidation sites excluding steroid dienone is 1. The molecule has 4 rings (SSSR count). The highest BCUT2D eigenvalue weighted by Gasteiger charge is 2.39. The van der Waals surface area contributed by atoms with Crippen molar-refractivity contribution in [2.75, 3.05) is 13.2 Å². The van der Waals surface area contributed by atoms with Gasteiger partial charge in [-0.2, -0.15) is 0 Å². The van der Waals surface area contributed by atoms with Gasteiger partial charge in [-0.15, -0.1) is 0 Å². The number of sulfonamides is 1. The maximum absolute atomic E-state index is 13.1. The Kier molecular flexibility index (Phi) is 4.81. The van der Waals surface area contributed by atoms with Gasteiger partial charge in [0.25, 0.3) is 10.0 Å². The molecule has 3 aromatic rings. The van der Waals surface area contributed by atoms with Crippen LogP contribution in [0.5, 0.6) is 0 Å². The summed E-state index contributed by atoms with van der Waals surface area (Å²) >= 11 is 0. The molecule has 29 heavy (non-hydrogen) atoms. The van der Waals surface area contributed by atoms with Crippen LogP contribution in [-0.2, 0) is 10.0 Å². The predicted octanol–water partition coefficient (Wildman–Crippen LogP) is 3.31. The van der Waals surface area contributed by atoms with E-state index in [1.54, 1.807) is 30.3 Å². The lowest BCUT2D eigenvalue weighted by Gasteiger charge is -2.30. The number of aliphatic hydroxyl groups is 1. The Morgan fingerprint density at radius 1 is 1.03 bits per heavy atom. The molecule has 6 nitrogen and oxygen atoms in total. The molecule has 1 N–H and O–H groups in total. The molecule has 0 radical (unpaired) electrons. The second-order valence-corrected chi connectivity index (χ2v) is 8.20. The molecular formula is C21H16FNO5S. The number of nitrogens with zero attached hydrogens (tertiary/aromatic N) is 1. The van der Waals surface area contributed by atoms with Gasteiger partial charge in [-0.3, -0.25) is 9.10 Å². The van der Waals surface area contributed by atoms with Gasteiger partial charge in [0.05, 0.1) is 18.0 Å². The molecule has 0 amide bonds. The smallest absolute Gasteiger partial charge is 0.265 e. The summed E-state index contributed by atoms with van der Waals surface area (Å²) in [7, 11) is -4.00. The SMILES string of the molecule is O=C1C(=Cc2ccc(-c3ccc(F)cc3)o2)N(CCO)S(=O)(=O)c2ccccc21. The fourth-order valence-corrected chi connectivity index (χ4v) is 4.83. The first-order valence-electron chi connectivity index (χ1n) is 8.76. The van der Waals surface area contributed by atoms with Crippen molar-refractivity contribution in [2.24, 2.45) is 0 Å². The highest BCUT2D eigenvalue weighted by molar-refractivity contribution is 7.89. The van der Waals surface area contributed by atoms with Gasteiger partial charge < -0.3 is 9.52 Å². The van der Waals surface area contributed by atoms with E-state index in [9.17, 15) is 22.7 Å². The first kappa shape index (κ1) is 19.1. The predicted molar refractivity (Wildman–Crippen MR) is 104 cm³/mol. The molecule has 0 fully saturated rings. The summed E-state index contributed by atoms with van der Waals surface area (Å²) in [6.45, 7) is -0.717. The van der Waals surface area contributed by atoms with Gasteiger partial charge in [0.15, 0.2) is 0 Å². The van der Waals surface area contributed by atoms with Gasteiger partial charge in [0.2, 0.25) is 5.78 Å². The summed E-state index contributed by atoms with van der Waals surface area (Å²) in [5.41, 5.74) is 0.590. The summed E-state index contributed by atoms with van der Waals surface area (Å²) in [6.07, 6.45) is 1.33. The second-order valence-electron chi connectivity index (χ2n) is 6.36. The fourth-order valence-electron chi connectivity index (χ4n) is 3.18. The molecule has 0 saturated carbocycles. The number of ketones is 1. The lowest BCUT2D eigenvalue weighted by atomic mass is 10.1. The lowest BCUT2D eigenvalue weighted by molar-refractivity contribution is 0.0998. The Labute approximate surface area is 166 Å². The Balaban J connectivity index is 1.79. The Bertz CT molecular complexity index is 1210. The van der Waals surface area contributed by atoms with Gasteiger partial charge in [-0.05, 0) is 48.5 Å². The van der Waals surface area contributed by atoms with Crippen molar-refractivity contribution in [1.82, 2.24) is 4.31 Å². The van der Waals surface area contributed by atoms with E-state index in [1.807, 2.05) is 0 Å². The van der Waals surface area contributed by atoms with Crippen LogP contribution in [0.3, 0.4) is 0 Å². The number of halogens is 1. The molecule has 2 aromatic carbocycles.